The molecule has 17 heavy (non-hydrogen) atoms. The van der Waals surface area contributed by atoms with Crippen LogP contribution in [-0.2, 0) is 17.8 Å². The lowest BCUT2D eigenvalue weighted by molar-refractivity contribution is -0.116. The number of hydrogen-bond acceptors (Lipinski definition) is 2. The number of benzene rings is 1. The number of Topliss-reactive ketones (excluding diaryl/α,β-unsaturated/α-hetero) is 1. The lowest BCUT2D eigenvalue weighted by Crippen LogP contribution is -2.05. The molecule has 1 aromatic heterocycles. The lowest BCUT2D eigenvalue weighted by Gasteiger charge is -2.09. The standard InChI is InChI=1S/C14H17NO2/c1-4-15-12(8-10(2)16)9-11-6-5-7-13(17-3)14(11)15/h5-7,9H,4,8H2,1-3H3. The molecule has 0 saturated heterocycles. The van der Waals surface area contributed by atoms with Gasteiger partial charge in [0.05, 0.1) is 12.6 Å². The number of hydrogen-bond donors (Lipinski definition) is 0. The maximum Gasteiger partial charge on any atom is 0.143 e. The van der Waals surface area contributed by atoms with Crippen molar-refractivity contribution in [3.63, 3.8) is 0 Å². The van der Waals surface area contributed by atoms with Crippen molar-refractivity contribution in [3.8, 4) is 5.75 Å². The summed E-state index contributed by atoms with van der Waals surface area (Å²) in [7, 11) is 1.67. The number of ether oxygens (including phenoxy) is 1. The second-order valence-corrected chi connectivity index (χ2v) is 4.16. The third-order valence-electron chi connectivity index (χ3n) is 2.94. The van der Waals surface area contributed by atoms with Gasteiger partial charge >= 0.3 is 0 Å². The van der Waals surface area contributed by atoms with Crippen LogP contribution >= 0.6 is 0 Å². The van der Waals surface area contributed by atoms with Crippen molar-refractivity contribution >= 4 is 16.7 Å². The molecular weight excluding hydrogens is 214 g/mol. The predicted molar refractivity (Wildman–Crippen MR) is 68.5 cm³/mol. The average molecular weight is 231 g/mol. The van der Waals surface area contributed by atoms with Crippen molar-refractivity contribution in [2.45, 2.75) is 26.8 Å². The molecule has 1 aromatic carbocycles. The molecule has 0 unspecified atom stereocenters. The molecule has 3 heteroatoms. The van der Waals surface area contributed by atoms with E-state index in [0.29, 0.717) is 6.42 Å². The third-order valence-corrected chi connectivity index (χ3v) is 2.94. The zero-order chi connectivity index (χ0) is 12.4. The molecule has 0 bridgehead atoms. The third kappa shape index (κ3) is 2.05. The minimum atomic E-state index is 0.182. The van der Waals surface area contributed by atoms with Crippen LogP contribution in [0.15, 0.2) is 24.3 Å². The van der Waals surface area contributed by atoms with Gasteiger partial charge in [0.25, 0.3) is 0 Å². The zero-order valence-corrected chi connectivity index (χ0v) is 10.5. The van der Waals surface area contributed by atoms with Crippen molar-refractivity contribution in [2.24, 2.45) is 0 Å². The highest BCUT2D eigenvalue weighted by molar-refractivity contribution is 5.88. The Morgan fingerprint density at radius 1 is 1.41 bits per heavy atom. The Labute approximate surface area is 101 Å². The normalized spacial score (nSPS) is 10.8. The van der Waals surface area contributed by atoms with E-state index in [1.165, 1.54) is 0 Å². The second-order valence-electron chi connectivity index (χ2n) is 4.16. The molecule has 90 valence electrons. The molecule has 0 aliphatic carbocycles. The number of aryl methyl sites for hydroxylation is 1. The fourth-order valence-corrected chi connectivity index (χ4v) is 2.27. The summed E-state index contributed by atoms with van der Waals surface area (Å²) in [5.41, 5.74) is 2.13. The number of nitrogens with zero attached hydrogens (tertiary/aromatic N) is 1. The van der Waals surface area contributed by atoms with Crippen molar-refractivity contribution in [2.75, 3.05) is 7.11 Å². The minimum absolute atomic E-state index is 0.182. The first-order valence-corrected chi connectivity index (χ1v) is 5.82. The highest BCUT2D eigenvalue weighted by Crippen LogP contribution is 2.29. The maximum absolute atomic E-state index is 11.3. The molecule has 2 rings (SSSR count). The quantitative estimate of drug-likeness (QED) is 0.810. The molecule has 0 atom stereocenters. The van der Waals surface area contributed by atoms with E-state index < -0.39 is 0 Å². The van der Waals surface area contributed by atoms with Gasteiger partial charge in [0.1, 0.15) is 11.5 Å². The Balaban J connectivity index is 2.67. The van der Waals surface area contributed by atoms with Crippen molar-refractivity contribution in [1.82, 2.24) is 4.57 Å². The Morgan fingerprint density at radius 3 is 2.76 bits per heavy atom. The summed E-state index contributed by atoms with van der Waals surface area (Å²) < 4.78 is 7.53. The molecule has 3 nitrogen and oxygen atoms in total. The van der Waals surface area contributed by atoms with E-state index in [2.05, 4.69) is 17.6 Å². The maximum atomic E-state index is 11.3. The van der Waals surface area contributed by atoms with Gasteiger partial charge < -0.3 is 9.30 Å². The fourth-order valence-electron chi connectivity index (χ4n) is 2.27. The van der Waals surface area contributed by atoms with E-state index in [1.807, 2.05) is 18.2 Å². The SMILES string of the molecule is CCn1c(CC(C)=O)cc2cccc(OC)c21. The lowest BCUT2D eigenvalue weighted by atomic mass is 10.2. The number of aromatic nitrogens is 1. The van der Waals surface area contributed by atoms with Crippen LogP contribution in [0, 0.1) is 0 Å². The Bertz CT molecular complexity index is 555. The molecule has 0 aliphatic heterocycles. The topological polar surface area (TPSA) is 31.2 Å². The fraction of sp³-hybridized carbons (Fsp3) is 0.357. The first kappa shape index (κ1) is 11.7. The number of fused-ring (bicyclic) bond motifs is 1. The van der Waals surface area contributed by atoms with Gasteiger partial charge in [-0.05, 0) is 26.0 Å². The van der Waals surface area contributed by atoms with Crippen LogP contribution in [0.4, 0.5) is 0 Å². The number of ketones is 1. The summed E-state index contributed by atoms with van der Waals surface area (Å²) in [6.45, 7) is 4.54. The molecule has 0 N–H and O–H groups in total. The van der Waals surface area contributed by atoms with E-state index >= 15 is 0 Å². The number of methoxy groups -OCH3 is 1. The van der Waals surface area contributed by atoms with Crippen LogP contribution in [-0.4, -0.2) is 17.5 Å². The van der Waals surface area contributed by atoms with Crippen molar-refractivity contribution in [3.05, 3.63) is 30.0 Å². The summed E-state index contributed by atoms with van der Waals surface area (Å²) in [4.78, 5) is 11.3. The first-order valence-electron chi connectivity index (χ1n) is 5.82. The largest absolute Gasteiger partial charge is 0.495 e. The van der Waals surface area contributed by atoms with Crippen LogP contribution in [0.5, 0.6) is 5.75 Å². The number of carbonyl (C=O) groups is 1. The molecule has 1 heterocycles. The van der Waals surface area contributed by atoms with Crippen LogP contribution in [0.1, 0.15) is 19.5 Å². The van der Waals surface area contributed by atoms with Gasteiger partial charge in [0, 0.05) is 24.0 Å². The zero-order valence-electron chi connectivity index (χ0n) is 10.5. The van der Waals surface area contributed by atoms with E-state index in [0.717, 1.165) is 28.9 Å². The van der Waals surface area contributed by atoms with Gasteiger partial charge in [-0.1, -0.05) is 12.1 Å². The summed E-state index contributed by atoms with van der Waals surface area (Å²) in [6, 6.07) is 8.04. The Kier molecular flexibility index (Phi) is 3.18. The van der Waals surface area contributed by atoms with E-state index in [-0.39, 0.29) is 5.78 Å². The van der Waals surface area contributed by atoms with Gasteiger partial charge in [-0.25, -0.2) is 0 Å². The Morgan fingerprint density at radius 2 is 2.18 bits per heavy atom. The molecule has 0 fully saturated rings. The summed E-state index contributed by atoms with van der Waals surface area (Å²) in [5.74, 6) is 1.04. The molecule has 0 aliphatic rings. The molecule has 0 saturated carbocycles. The highest BCUT2D eigenvalue weighted by Gasteiger charge is 2.12. The summed E-state index contributed by atoms with van der Waals surface area (Å²) in [5, 5.41) is 1.13. The molecule has 0 spiro atoms. The number of rotatable bonds is 4. The summed E-state index contributed by atoms with van der Waals surface area (Å²) in [6.07, 6.45) is 0.478. The highest BCUT2D eigenvalue weighted by atomic mass is 16.5. The van der Waals surface area contributed by atoms with Crippen LogP contribution in [0.25, 0.3) is 10.9 Å². The average Bonchev–Trinajstić information content (AvgIpc) is 2.64. The van der Waals surface area contributed by atoms with E-state index in [1.54, 1.807) is 14.0 Å². The first-order chi connectivity index (χ1) is 8.17. The number of carbonyl (C=O) groups excluding carboxylic acids is 1. The second kappa shape index (κ2) is 4.62. The monoisotopic (exact) mass is 231 g/mol. The smallest absolute Gasteiger partial charge is 0.143 e. The van der Waals surface area contributed by atoms with E-state index in [9.17, 15) is 4.79 Å². The van der Waals surface area contributed by atoms with Gasteiger partial charge in [0.15, 0.2) is 0 Å². The van der Waals surface area contributed by atoms with Crippen LogP contribution < -0.4 is 4.74 Å². The van der Waals surface area contributed by atoms with Gasteiger partial charge in [-0.2, -0.15) is 0 Å². The number of para-hydroxylation sites is 1. The minimum Gasteiger partial charge on any atom is -0.495 e. The van der Waals surface area contributed by atoms with E-state index in [4.69, 9.17) is 4.74 Å². The van der Waals surface area contributed by atoms with Crippen molar-refractivity contribution < 1.29 is 9.53 Å². The predicted octanol–water partition coefficient (Wildman–Crippen LogP) is 2.80. The van der Waals surface area contributed by atoms with Crippen molar-refractivity contribution in [1.29, 1.82) is 0 Å². The molecule has 0 amide bonds. The summed E-state index contributed by atoms with van der Waals surface area (Å²) >= 11 is 0. The van der Waals surface area contributed by atoms with Crippen LogP contribution in [0.3, 0.4) is 0 Å². The van der Waals surface area contributed by atoms with Gasteiger partial charge in [0.2, 0.25) is 0 Å². The molecule has 0 radical (unpaired) electrons. The van der Waals surface area contributed by atoms with Gasteiger partial charge in [-0.15, -0.1) is 0 Å². The Hall–Kier alpha value is -1.77. The molecule has 2 aromatic rings. The van der Waals surface area contributed by atoms with Crippen LogP contribution in [0.2, 0.25) is 0 Å². The molecular formula is C14H17NO2. The van der Waals surface area contributed by atoms with Gasteiger partial charge in [-0.3, -0.25) is 4.79 Å².